The summed E-state index contributed by atoms with van der Waals surface area (Å²) in [6, 6.07) is 0.0117. The Bertz CT molecular complexity index is 945. The molecule has 0 unspecified atom stereocenters. The number of nitrogens with one attached hydrogen (secondary N) is 2. The Morgan fingerprint density at radius 1 is 1.34 bits per heavy atom. The number of nitrogens with zero attached hydrogens (tertiary/aromatic N) is 4. The van der Waals surface area contributed by atoms with Gasteiger partial charge in [-0.3, -0.25) is 0 Å². The van der Waals surface area contributed by atoms with E-state index >= 15 is 0 Å². The normalized spacial score (nSPS) is 16.1. The molecular weight excluding hydrogens is 419 g/mol. The summed E-state index contributed by atoms with van der Waals surface area (Å²) in [6.07, 6.45) is 2.38. The van der Waals surface area contributed by atoms with Crippen LogP contribution in [0.4, 0.5) is 15.5 Å². The Morgan fingerprint density at radius 2 is 2.07 bits per heavy atom. The molecule has 160 valence electrons. The molecule has 0 aliphatic carbocycles. The van der Waals surface area contributed by atoms with Gasteiger partial charge >= 0.3 is 0 Å². The topological polar surface area (TPSA) is 109 Å². The lowest BCUT2D eigenvalue weighted by Gasteiger charge is -2.31. The zero-order valence-electron chi connectivity index (χ0n) is 16.6. The van der Waals surface area contributed by atoms with Crippen molar-refractivity contribution in [1.82, 2.24) is 19.3 Å². The van der Waals surface area contributed by atoms with Crippen LogP contribution in [0.3, 0.4) is 0 Å². The van der Waals surface area contributed by atoms with Crippen LogP contribution in [0.15, 0.2) is 6.20 Å². The fourth-order valence-electron chi connectivity index (χ4n) is 3.10. The van der Waals surface area contributed by atoms with Gasteiger partial charge in [0, 0.05) is 33.3 Å². The number of hydrogen-bond acceptors (Lipinski definition) is 9. The van der Waals surface area contributed by atoms with E-state index in [4.69, 9.17) is 4.74 Å². The van der Waals surface area contributed by atoms with Crippen molar-refractivity contribution in [2.24, 2.45) is 0 Å². The van der Waals surface area contributed by atoms with Crippen molar-refractivity contribution < 1.29 is 17.5 Å². The first-order valence-electron chi connectivity index (χ1n) is 9.25. The van der Waals surface area contributed by atoms with Crippen LogP contribution in [0, 0.1) is 12.7 Å². The number of aryl methyl sites for hydroxylation is 1. The fourth-order valence-corrected chi connectivity index (χ4v) is 5.41. The van der Waals surface area contributed by atoms with Crippen LogP contribution in [0.25, 0.3) is 10.6 Å². The maximum absolute atomic E-state index is 14.3. The Kier molecular flexibility index (Phi) is 6.98. The summed E-state index contributed by atoms with van der Waals surface area (Å²) in [7, 11) is -0.0677. The van der Waals surface area contributed by atoms with E-state index < -0.39 is 15.8 Å². The molecule has 0 saturated carbocycles. The number of piperidine rings is 1. The van der Waals surface area contributed by atoms with Crippen LogP contribution in [0.5, 0.6) is 0 Å². The van der Waals surface area contributed by atoms with Gasteiger partial charge in [0.25, 0.3) is 0 Å². The highest BCUT2D eigenvalue weighted by atomic mass is 32.2. The van der Waals surface area contributed by atoms with Gasteiger partial charge in [0.1, 0.15) is 5.69 Å². The molecular formula is C17H25FN6O3S2. The lowest BCUT2D eigenvalue weighted by molar-refractivity contribution is 0.214. The number of thiazole rings is 1. The third-order valence-corrected chi connectivity index (χ3v) is 7.71. The van der Waals surface area contributed by atoms with Crippen molar-refractivity contribution in [2.75, 3.05) is 50.2 Å². The van der Waals surface area contributed by atoms with Crippen LogP contribution in [-0.2, 0) is 14.8 Å². The summed E-state index contributed by atoms with van der Waals surface area (Å²) < 4.78 is 45.2. The van der Waals surface area contributed by atoms with E-state index in [0.29, 0.717) is 47.6 Å². The summed E-state index contributed by atoms with van der Waals surface area (Å²) in [5, 5.41) is 6.85. The van der Waals surface area contributed by atoms with Gasteiger partial charge in [-0.15, -0.1) is 0 Å². The third kappa shape index (κ3) is 5.18. The van der Waals surface area contributed by atoms with Crippen molar-refractivity contribution in [3.05, 3.63) is 17.7 Å². The van der Waals surface area contributed by atoms with Crippen LogP contribution in [0.1, 0.15) is 18.5 Å². The van der Waals surface area contributed by atoms with Crippen molar-refractivity contribution >= 4 is 32.4 Å². The lowest BCUT2D eigenvalue weighted by atomic mass is 10.1. The highest BCUT2D eigenvalue weighted by molar-refractivity contribution is 7.89. The van der Waals surface area contributed by atoms with E-state index in [2.05, 4.69) is 25.6 Å². The zero-order chi connectivity index (χ0) is 21.0. The Balaban J connectivity index is 1.67. The molecule has 2 aromatic heterocycles. The molecule has 0 aromatic carbocycles. The molecule has 1 saturated heterocycles. The number of anilines is 2. The van der Waals surface area contributed by atoms with E-state index in [9.17, 15) is 12.8 Å². The molecule has 12 heteroatoms. The SMILES string of the molecule is CNc1nc(C)c(-c2nc(NC3CCN(S(=O)(=O)CCOC)CC3)ncc2F)s1. The first-order valence-corrected chi connectivity index (χ1v) is 11.7. The van der Waals surface area contributed by atoms with Crippen LogP contribution < -0.4 is 10.6 Å². The molecule has 0 amide bonds. The highest BCUT2D eigenvalue weighted by Gasteiger charge is 2.28. The lowest BCUT2D eigenvalue weighted by Crippen LogP contribution is -2.43. The van der Waals surface area contributed by atoms with Gasteiger partial charge < -0.3 is 15.4 Å². The second kappa shape index (κ2) is 9.28. The van der Waals surface area contributed by atoms with Gasteiger partial charge in [0.15, 0.2) is 10.9 Å². The number of hydrogen-bond donors (Lipinski definition) is 2. The van der Waals surface area contributed by atoms with Crippen LogP contribution in [0.2, 0.25) is 0 Å². The first-order chi connectivity index (χ1) is 13.8. The maximum atomic E-state index is 14.3. The minimum absolute atomic E-state index is 0.0117. The fraction of sp³-hybridized carbons (Fsp3) is 0.588. The molecule has 3 rings (SSSR count). The molecule has 0 bridgehead atoms. The van der Waals surface area contributed by atoms with Gasteiger partial charge in [0.05, 0.1) is 29.1 Å². The first kappa shape index (κ1) is 21.8. The van der Waals surface area contributed by atoms with Gasteiger partial charge in [0.2, 0.25) is 16.0 Å². The quantitative estimate of drug-likeness (QED) is 0.636. The molecule has 1 aliphatic rings. The molecule has 0 radical (unpaired) electrons. The van der Waals surface area contributed by atoms with Crippen LogP contribution >= 0.6 is 11.3 Å². The summed E-state index contributed by atoms with van der Waals surface area (Å²) in [5.74, 6) is -0.209. The average Bonchev–Trinajstić information content (AvgIpc) is 3.09. The minimum Gasteiger partial charge on any atom is -0.384 e. The molecule has 1 aliphatic heterocycles. The van der Waals surface area contributed by atoms with Gasteiger partial charge in [-0.2, -0.15) is 0 Å². The van der Waals surface area contributed by atoms with Crippen LogP contribution in [-0.4, -0.2) is 73.3 Å². The Morgan fingerprint density at radius 3 is 2.69 bits per heavy atom. The van der Waals surface area contributed by atoms with Gasteiger partial charge in [-0.25, -0.2) is 32.1 Å². The van der Waals surface area contributed by atoms with Crippen molar-refractivity contribution in [3.8, 4) is 10.6 Å². The predicted octanol–water partition coefficient (Wildman–Crippen LogP) is 1.94. The molecule has 0 atom stereocenters. The molecule has 29 heavy (non-hydrogen) atoms. The number of ether oxygens (including phenoxy) is 1. The number of halogens is 1. The van der Waals surface area contributed by atoms with E-state index in [0.717, 1.165) is 6.20 Å². The molecule has 2 N–H and O–H groups in total. The predicted molar refractivity (Wildman–Crippen MR) is 111 cm³/mol. The number of methoxy groups -OCH3 is 1. The van der Waals surface area contributed by atoms with E-state index in [1.807, 2.05) is 0 Å². The second-order valence-corrected chi connectivity index (χ2v) is 9.79. The van der Waals surface area contributed by atoms with Crippen molar-refractivity contribution in [3.63, 3.8) is 0 Å². The highest BCUT2D eigenvalue weighted by Crippen LogP contribution is 2.33. The van der Waals surface area contributed by atoms with Crippen molar-refractivity contribution in [1.29, 1.82) is 0 Å². The largest absolute Gasteiger partial charge is 0.384 e. The summed E-state index contributed by atoms with van der Waals surface area (Å²) in [6.45, 7) is 2.81. The number of aromatic nitrogens is 3. The maximum Gasteiger partial charge on any atom is 0.223 e. The summed E-state index contributed by atoms with van der Waals surface area (Å²) >= 11 is 1.33. The molecule has 2 aromatic rings. The second-order valence-electron chi connectivity index (χ2n) is 6.70. The Labute approximate surface area is 173 Å². The zero-order valence-corrected chi connectivity index (χ0v) is 18.2. The summed E-state index contributed by atoms with van der Waals surface area (Å²) in [4.78, 5) is 13.4. The number of rotatable bonds is 8. The minimum atomic E-state index is -3.31. The van der Waals surface area contributed by atoms with E-state index in [1.165, 1.54) is 22.8 Å². The standard InChI is InChI=1S/C17H25FN6O3S2/c1-11-15(28-17(19-2)21-11)14-13(18)10-20-16(23-14)22-12-4-6-24(7-5-12)29(25,26)9-8-27-3/h10,12H,4-9H2,1-3H3,(H,19,21)(H,20,22,23). The number of sulfonamides is 1. The monoisotopic (exact) mass is 444 g/mol. The molecule has 3 heterocycles. The molecule has 9 nitrogen and oxygen atoms in total. The smallest absolute Gasteiger partial charge is 0.223 e. The molecule has 0 spiro atoms. The van der Waals surface area contributed by atoms with Gasteiger partial charge in [-0.05, 0) is 19.8 Å². The average molecular weight is 445 g/mol. The van der Waals surface area contributed by atoms with E-state index in [1.54, 1.807) is 14.0 Å². The summed E-state index contributed by atoms with van der Waals surface area (Å²) in [5.41, 5.74) is 0.899. The molecule has 1 fully saturated rings. The third-order valence-electron chi connectivity index (χ3n) is 4.70. The van der Waals surface area contributed by atoms with E-state index in [-0.39, 0.29) is 24.1 Å². The van der Waals surface area contributed by atoms with Crippen molar-refractivity contribution in [2.45, 2.75) is 25.8 Å². The Hall–Kier alpha value is -1.89. The van der Waals surface area contributed by atoms with Gasteiger partial charge in [-0.1, -0.05) is 11.3 Å².